The lowest BCUT2D eigenvalue weighted by molar-refractivity contribution is 0.00708. The van der Waals surface area contributed by atoms with Gasteiger partial charge in [0.25, 0.3) is 0 Å². The number of benzene rings is 1. The molecule has 96 valence electrons. The van der Waals surface area contributed by atoms with Crippen molar-refractivity contribution in [3.63, 3.8) is 0 Å². The van der Waals surface area contributed by atoms with E-state index in [2.05, 4.69) is 11.0 Å². The van der Waals surface area contributed by atoms with E-state index in [0.717, 1.165) is 18.7 Å². The van der Waals surface area contributed by atoms with Crippen molar-refractivity contribution in [2.75, 3.05) is 19.6 Å². The third kappa shape index (κ3) is 2.63. The second-order valence-electron chi connectivity index (χ2n) is 5.55. The predicted molar refractivity (Wildman–Crippen MR) is 68.3 cm³/mol. The fourth-order valence-corrected chi connectivity index (χ4v) is 2.51. The zero-order chi connectivity index (χ0) is 13.3. The molecule has 0 saturated carbocycles. The number of rotatable bonds is 3. The fourth-order valence-electron chi connectivity index (χ4n) is 2.51. The van der Waals surface area contributed by atoms with Crippen LogP contribution in [-0.2, 0) is 0 Å². The van der Waals surface area contributed by atoms with Gasteiger partial charge in [0.2, 0.25) is 0 Å². The topological polar surface area (TPSA) is 67.5 Å². The number of likely N-dealkylation sites (tertiary alicyclic amines) is 1. The Morgan fingerprint density at radius 1 is 1.44 bits per heavy atom. The maximum Gasteiger partial charge on any atom is 0.120 e. The Kier molecular flexibility index (Phi) is 3.29. The number of nitrogens with zero attached hydrogens (tertiary/aromatic N) is 2. The first-order valence-electron chi connectivity index (χ1n) is 6.07. The van der Waals surface area contributed by atoms with Crippen molar-refractivity contribution in [3.8, 4) is 11.8 Å². The molecule has 0 atom stereocenters. The van der Waals surface area contributed by atoms with Crippen LogP contribution in [0.25, 0.3) is 0 Å². The molecular weight excluding hydrogens is 228 g/mol. The van der Waals surface area contributed by atoms with Crippen LogP contribution in [0.3, 0.4) is 0 Å². The minimum Gasteiger partial charge on any atom is -0.508 e. The van der Waals surface area contributed by atoms with E-state index < -0.39 is 5.60 Å². The summed E-state index contributed by atoms with van der Waals surface area (Å²) in [5, 5.41) is 28.6. The second kappa shape index (κ2) is 4.60. The zero-order valence-electron chi connectivity index (χ0n) is 10.7. The number of hydrogen-bond acceptors (Lipinski definition) is 4. The Morgan fingerprint density at radius 3 is 2.67 bits per heavy atom. The molecular formula is C14H18N2O2. The molecule has 1 aliphatic heterocycles. The maximum atomic E-state index is 9.86. The van der Waals surface area contributed by atoms with Crippen molar-refractivity contribution in [3.05, 3.63) is 29.3 Å². The van der Waals surface area contributed by atoms with E-state index in [1.807, 2.05) is 0 Å². The Morgan fingerprint density at radius 2 is 2.11 bits per heavy atom. The second-order valence-corrected chi connectivity index (χ2v) is 5.55. The van der Waals surface area contributed by atoms with Gasteiger partial charge in [-0.05, 0) is 26.0 Å². The molecule has 1 aliphatic rings. The molecule has 0 amide bonds. The van der Waals surface area contributed by atoms with Crippen LogP contribution in [0.2, 0.25) is 0 Å². The monoisotopic (exact) mass is 246 g/mol. The van der Waals surface area contributed by atoms with Gasteiger partial charge in [0.05, 0.1) is 17.2 Å². The van der Waals surface area contributed by atoms with E-state index in [0.29, 0.717) is 12.1 Å². The van der Waals surface area contributed by atoms with Crippen LogP contribution in [-0.4, -0.2) is 40.3 Å². The van der Waals surface area contributed by atoms with E-state index in [1.54, 1.807) is 32.0 Å². The molecule has 0 unspecified atom stereocenters. The number of aromatic hydroxyl groups is 1. The zero-order valence-corrected chi connectivity index (χ0v) is 10.7. The van der Waals surface area contributed by atoms with Gasteiger partial charge < -0.3 is 10.2 Å². The average Bonchev–Trinajstić information content (AvgIpc) is 2.22. The lowest BCUT2D eigenvalue weighted by Gasteiger charge is -2.42. The highest BCUT2D eigenvalue weighted by atomic mass is 16.3. The Balaban J connectivity index is 2.07. The van der Waals surface area contributed by atoms with Crippen LogP contribution >= 0.6 is 0 Å². The van der Waals surface area contributed by atoms with Crippen molar-refractivity contribution >= 4 is 0 Å². The maximum absolute atomic E-state index is 9.86. The molecule has 0 bridgehead atoms. The third-order valence-electron chi connectivity index (χ3n) is 3.18. The van der Waals surface area contributed by atoms with E-state index in [1.165, 1.54) is 0 Å². The Labute approximate surface area is 107 Å². The average molecular weight is 246 g/mol. The first-order chi connectivity index (χ1) is 8.40. The molecule has 1 aromatic rings. The van der Waals surface area contributed by atoms with Gasteiger partial charge in [-0.1, -0.05) is 6.07 Å². The van der Waals surface area contributed by atoms with E-state index in [9.17, 15) is 10.2 Å². The summed E-state index contributed by atoms with van der Waals surface area (Å²) >= 11 is 0. The number of hydrogen-bond donors (Lipinski definition) is 2. The van der Waals surface area contributed by atoms with Gasteiger partial charge in [-0.3, -0.25) is 4.90 Å². The summed E-state index contributed by atoms with van der Waals surface area (Å²) in [5.41, 5.74) is 0.580. The molecule has 4 nitrogen and oxygen atoms in total. The van der Waals surface area contributed by atoms with Crippen LogP contribution in [0.1, 0.15) is 30.9 Å². The summed E-state index contributed by atoms with van der Waals surface area (Å²) in [6, 6.07) is 7.16. The predicted octanol–water partition coefficient (Wildman–Crippen LogP) is 1.43. The molecule has 2 rings (SSSR count). The third-order valence-corrected chi connectivity index (χ3v) is 3.18. The molecule has 1 aromatic carbocycles. The molecule has 18 heavy (non-hydrogen) atoms. The molecule has 4 heteroatoms. The highest BCUT2D eigenvalue weighted by molar-refractivity contribution is 5.49. The number of phenols is 1. The van der Waals surface area contributed by atoms with Crippen LogP contribution in [0.4, 0.5) is 0 Å². The normalized spacial score (nSPS) is 17.2. The molecule has 2 N–H and O–H groups in total. The van der Waals surface area contributed by atoms with E-state index in [-0.39, 0.29) is 11.7 Å². The minimum atomic E-state index is -0.707. The van der Waals surface area contributed by atoms with Gasteiger partial charge in [-0.25, -0.2) is 0 Å². The number of nitriles is 1. The van der Waals surface area contributed by atoms with Crippen molar-refractivity contribution in [2.45, 2.75) is 25.4 Å². The first-order valence-corrected chi connectivity index (χ1v) is 6.07. The standard InChI is InChI=1S/C14H18N2O2/c1-14(2,18)9-16-7-11(8-16)13-10(6-15)4-3-5-12(13)17/h3-5,11,17-18H,7-9H2,1-2H3. The smallest absolute Gasteiger partial charge is 0.120 e. The number of phenolic OH excluding ortho intramolecular Hbond substituents is 1. The fraction of sp³-hybridized carbons (Fsp3) is 0.500. The molecule has 1 fully saturated rings. The van der Waals surface area contributed by atoms with Crippen LogP contribution in [0.15, 0.2) is 18.2 Å². The van der Waals surface area contributed by atoms with Gasteiger partial charge in [0, 0.05) is 31.1 Å². The van der Waals surface area contributed by atoms with Gasteiger partial charge in [-0.15, -0.1) is 0 Å². The van der Waals surface area contributed by atoms with Crippen molar-refractivity contribution in [1.29, 1.82) is 5.26 Å². The summed E-state index contributed by atoms with van der Waals surface area (Å²) in [6.07, 6.45) is 0. The van der Waals surface area contributed by atoms with Gasteiger partial charge >= 0.3 is 0 Å². The largest absolute Gasteiger partial charge is 0.508 e. The lowest BCUT2D eigenvalue weighted by atomic mass is 9.87. The summed E-state index contributed by atoms with van der Waals surface area (Å²) in [6.45, 7) is 5.72. The molecule has 1 heterocycles. The van der Waals surface area contributed by atoms with Crippen molar-refractivity contribution in [2.24, 2.45) is 0 Å². The summed E-state index contributed by atoms with van der Waals surface area (Å²) in [7, 11) is 0. The van der Waals surface area contributed by atoms with Crippen molar-refractivity contribution in [1.82, 2.24) is 4.90 Å². The number of β-amino-alcohol motifs (C(OH)–C–C–N with tert-alkyl or cyclic N) is 1. The van der Waals surface area contributed by atoms with Gasteiger partial charge in [0.1, 0.15) is 5.75 Å². The SMILES string of the molecule is CC(C)(O)CN1CC(c2c(O)cccc2C#N)C1. The van der Waals surface area contributed by atoms with Crippen LogP contribution in [0.5, 0.6) is 5.75 Å². The quantitative estimate of drug-likeness (QED) is 0.846. The van der Waals surface area contributed by atoms with E-state index >= 15 is 0 Å². The molecule has 0 aliphatic carbocycles. The molecule has 0 radical (unpaired) electrons. The molecule has 0 aromatic heterocycles. The highest BCUT2D eigenvalue weighted by Crippen LogP contribution is 2.35. The van der Waals surface area contributed by atoms with Gasteiger partial charge in [-0.2, -0.15) is 5.26 Å². The molecule has 1 saturated heterocycles. The minimum absolute atomic E-state index is 0.184. The number of aliphatic hydroxyl groups is 1. The van der Waals surface area contributed by atoms with Crippen molar-refractivity contribution < 1.29 is 10.2 Å². The lowest BCUT2D eigenvalue weighted by Crippen LogP contribution is -2.50. The van der Waals surface area contributed by atoms with Crippen LogP contribution in [0, 0.1) is 11.3 Å². The Bertz CT molecular complexity index is 480. The van der Waals surface area contributed by atoms with Crippen LogP contribution < -0.4 is 0 Å². The Hall–Kier alpha value is -1.57. The summed E-state index contributed by atoms with van der Waals surface area (Å²) < 4.78 is 0. The molecule has 0 spiro atoms. The summed E-state index contributed by atoms with van der Waals surface area (Å²) in [4.78, 5) is 2.12. The highest BCUT2D eigenvalue weighted by Gasteiger charge is 2.34. The van der Waals surface area contributed by atoms with Gasteiger partial charge in [0.15, 0.2) is 0 Å². The first kappa shape index (κ1) is 12.9. The summed E-state index contributed by atoms with van der Waals surface area (Å²) in [5.74, 6) is 0.380. The van der Waals surface area contributed by atoms with E-state index in [4.69, 9.17) is 5.26 Å².